The zero-order chi connectivity index (χ0) is 7.84. The Labute approximate surface area is 79.3 Å². The average Bonchev–Trinajstić information content (AvgIpc) is 2.27. The van der Waals surface area contributed by atoms with E-state index in [1.165, 1.54) is 14.6 Å². The lowest BCUT2D eigenvalue weighted by Gasteiger charge is -2.07. The summed E-state index contributed by atoms with van der Waals surface area (Å²) in [5, 5.41) is 0. The van der Waals surface area contributed by atoms with Crippen LogP contribution in [0.4, 0.5) is 0 Å². The van der Waals surface area contributed by atoms with Gasteiger partial charge < -0.3 is 0 Å². The molecule has 0 spiro atoms. The Bertz CT molecular complexity index is 301. The molecule has 1 unspecified atom stereocenters. The van der Waals surface area contributed by atoms with Crippen LogP contribution in [0.1, 0.15) is 9.75 Å². The summed E-state index contributed by atoms with van der Waals surface area (Å²) in [6.45, 7) is 2.13. The quantitative estimate of drug-likeness (QED) is 0.578. The lowest BCUT2D eigenvalue weighted by Crippen LogP contribution is -1.89. The van der Waals surface area contributed by atoms with Gasteiger partial charge in [0, 0.05) is 14.6 Å². The van der Waals surface area contributed by atoms with Gasteiger partial charge in [-0.25, -0.2) is 0 Å². The number of hydrogen-bond acceptors (Lipinski definition) is 2. The fourth-order valence-electron chi connectivity index (χ4n) is 1.04. The summed E-state index contributed by atoms with van der Waals surface area (Å²) < 4.78 is 0.122. The van der Waals surface area contributed by atoms with E-state index in [1.54, 1.807) is 11.8 Å². The lowest BCUT2D eigenvalue weighted by molar-refractivity contribution is 1.45. The number of halogens is 1. The normalized spacial score (nSPS) is 21.8. The van der Waals surface area contributed by atoms with Crippen molar-refractivity contribution in [3.63, 3.8) is 0 Å². The van der Waals surface area contributed by atoms with Crippen LogP contribution >= 0.6 is 34.7 Å². The molecule has 0 aliphatic carbocycles. The number of aryl methyl sites for hydroxylation is 1. The van der Waals surface area contributed by atoms with Crippen LogP contribution in [0.2, 0.25) is 0 Å². The van der Waals surface area contributed by atoms with Gasteiger partial charge in [0.15, 0.2) is 0 Å². The monoisotopic (exact) mass is 202 g/mol. The standard InChI is InChI=1S/C8H7ClS2/c1-5-4-7-6(10-5)2-3-8(9)11-7/h2-4,8H,1H3. The maximum absolute atomic E-state index is 5.93. The van der Waals surface area contributed by atoms with Crippen molar-refractivity contribution in [2.45, 2.75) is 16.5 Å². The Kier molecular flexibility index (Phi) is 2.00. The topological polar surface area (TPSA) is 0 Å². The zero-order valence-corrected chi connectivity index (χ0v) is 8.39. The van der Waals surface area contributed by atoms with E-state index in [1.807, 2.05) is 17.4 Å². The van der Waals surface area contributed by atoms with E-state index >= 15 is 0 Å². The smallest absolute Gasteiger partial charge is 0.102 e. The second-order valence-electron chi connectivity index (χ2n) is 2.41. The third-order valence-corrected chi connectivity index (χ3v) is 4.02. The first-order valence-corrected chi connectivity index (χ1v) is 5.48. The van der Waals surface area contributed by atoms with Gasteiger partial charge in [0.2, 0.25) is 0 Å². The molecule has 1 aromatic rings. The van der Waals surface area contributed by atoms with Gasteiger partial charge in [-0.05, 0) is 19.1 Å². The third-order valence-electron chi connectivity index (χ3n) is 1.49. The summed E-state index contributed by atoms with van der Waals surface area (Å²) >= 11 is 9.48. The van der Waals surface area contributed by atoms with Crippen LogP contribution in [0.5, 0.6) is 0 Å². The van der Waals surface area contributed by atoms with Crippen molar-refractivity contribution in [2.75, 3.05) is 0 Å². The number of thioether (sulfide) groups is 1. The van der Waals surface area contributed by atoms with Crippen molar-refractivity contribution >= 4 is 40.8 Å². The first-order chi connectivity index (χ1) is 5.25. The van der Waals surface area contributed by atoms with Crippen LogP contribution in [0.25, 0.3) is 6.08 Å². The molecular formula is C8H7ClS2. The van der Waals surface area contributed by atoms with Crippen LogP contribution in [0, 0.1) is 6.92 Å². The minimum Gasteiger partial charge on any atom is -0.140 e. The highest BCUT2D eigenvalue weighted by molar-refractivity contribution is 8.01. The van der Waals surface area contributed by atoms with E-state index in [0.717, 1.165) is 0 Å². The molecule has 0 radical (unpaired) electrons. The minimum absolute atomic E-state index is 0.122. The van der Waals surface area contributed by atoms with Crippen LogP contribution in [0.3, 0.4) is 0 Å². The number of rotatable bonds is 0. The molecule has 3 heteroatoms. The third kappa shape index (κ3) is 1.48. The summed E-state index contributed by atoms with van der Waals surface area (Å²) in [7, 11) is 0. The van der Waals surface area contributed by atoms with Gasteiger partial charge in [-0.3, -0.25) is 0 Å². The molecule has 2 heterocycles. The van der Waals surface area contributed by atoms with Crippen molar-refractivity contribution in [3.8, 4) is 0 Å². The summed E-state index contributed by atoms with van der Waals surface area (Å²) in [6, 6.07) is 2.20. The van der Waals surface area contributed by atoms with Gasteiger partial charge in [-0.15, -0.1) is 34.7 Å². The zero-order valence-electron chi connectivity index (χ0n) is 6.00. The molecule has 11 heavy (non-hydrogen) atoms. The van der Waals surface area contributed by atoms with Gasteiger partial charge in [-0.1, -0.05) is 6.08 Å². The number of thiophene rings is 1. The maximum atomic E-state index is 5.93. The van der Waals surface area contributed by atoms with Gasteiger partial charge in [0.1, 0.15) is 4.71 Å². The van der Waals surface area contributed by atoms with Gasteiger partial charge in [0.25, 0.3) is 0 Å². The van der Waals surface area contributed by atoms with Gasteiger partial charge in [0.05, 0.1) is 0 Å². The highest BCUT2D eigenvalue weighted by atomic mass is 35.5. The lowest BCUT2D eigenvalue weighted by atomic mass is 10.4. The summed E-state index contributed by atoms with van der Waals surface area (Å²) in [5.41, 5.74) is 0. The van der Waals surface area contributed by atoms with E-state index in [-0.39, 0.29) is 4.71 Å². The molecule has 0 saturated heterocycles. The molecule has 58 valence electrons. The van der Waals surface area contributed by atoms with Crippen LogP contribution in [0.15, 0.2) is 17.0 Å². The minimum atomic E-state index is 0.122. The summed E-state index contributed by atoms with van der Waals surface area (Å²) in [5.74, 6) is 0. The maximum Gasteiger partial charge on any atom is 0.102 e. The van der Waals surface area contributed by atoms with Crippen molar-refractivity contribution in [1.29, 1.82) is 0 Å². The first-order valence-electron chi connectivity index (χ1n) is 3.35. The second-order valence-corrected chi connectivity index (χ2v) is 5.61. The first kappa shape index (κ1) is 7.71. The largest absolute Gasteiger partial charge is 0.140 e. The van der Waals surface area contributed by atoms with Gasteiger partial charge in [-0.2, -0.15) is 0 Å². The Morgan fingerprint density at radius 3 is 3.18 bits per heavy atom. The molecule has 0 fully saturated rings. The van der Waals surface area contributed by atoms with E-state index in [2.05, 4.69) is 19.1 Å². The number of fused-ring (bicyclic) bond motifs is 1. The molecule has 0 amide bonds. The highest BCUT2D eigenvalue weighted by Gasteiger charge is 2.13. The van der Waals surface area contributed by atoms with Crippen molar-refractivity contribution < 1.29 is 0 Å². The SMILES string of the molecule is Cc1cc2c(s1)C=CC(Cl)S2. The highest BCUT2D eigenvalue weighted by Crippen LogP contribution is 2.39. The fraction of sp³-hybridized carbons (Fsp3) is 0.250. The fourth-order valence-corrected chi connectivity index (χ4v) is 3.40. The van der Waals surface area contributed by atoms with E-state index in [4.69, 9.17) is 11.6 Å². The molecule has 0 N–H and O–H groups in total. The van der Waals surface area contributed by atoms with E-state index < -0.39 is 0 Å². The summed E-state index contributed by atoms with van der Waals surface area (Å²) in [6.07, 6.45) is 4.14. The molecule has 1 atom stereocenters. The Hall–Kier alpha value is 0.0800. The van der Waals surface area contributed by atoms with Crippen molar-refractivity contribution in [2.24, 2.45) is 0 Å². The molecule has 1 aliphatic heterocycles. The van der Waals surface area contributed by atoms with Crippen molar-refractivity contribution in [3.05, 3.63) is 21.9 Å². The molecule has 0 saturated carbocycles. The molecule has 1 aromatic heterocycles. The van der Waals surface area contributed by atoms with Crippen LogP contribution in [-0.2, 0) is 0 Å². The van der Waals surface area contributed by atoms with Crippen LogP contribution in [-0.4, -0.2) is 4.71 Å². The Balaban J connectivity index is 2.44. The predicted molar refractivity (Wildman–Crippen MR) is 53.6 cm³/mol. The number of hydrogen-bond donors (Lipinski definition) is 0. The molecular weight excluding hydrogens is 196 g/mol. The molecule has 0 aromatic carbocycles. The molecule has 2 rings (SSSR count). The second kappa shape index (κ2) is 2.85. The number of alkyl halides is 1. The molecule has 0 bridgehead atoms. The molecule has 1 aliphatic rings. The van der Waals surface area contributed by atoms with Crippen LogP contribution < -0.4 is 0 Å². The summed E-state index contributed by atoms with van der Waals surface area (Å²) in [4.78, 5) is 4.04. The van der Waals surface area contributed by atoms with E-state index in [9.17, 15) is 0 Å². The van der Waals surface area contributed by atoms with E-state index in [0.29, 0.717) is 0 Å². The molecule has 0 nitrogen and oxygen atoms in total. The van der Waals surface area contributed by atoms with Crippen molar-refractivity contribution in [1.82, 2.24) is 0 Å². The average molecular weight is 203 g/mol. The Morgan fingerprint density at radius 1 is 1.55 bits per heavy atom. The van der Waals surface area contributed by atoms with Gasteiger partial charge >= 0.3 is 0 Å². The predicted octanol–water partition coefficient (Wildman–Crippen LogP) is 3.74. The Morgan fingerprint density at radius 2 is 2.36 bits per heavy atom.